The van der Waals surface area contributed by atoms with E-state index in [0.717, 1.165) is 44.6 Å². The number of cyclic esters (lactones) is 1. The summed E-state index contributed by atoms with van der Waals surface area (Å²) in [6.45, 7) is 10.9. The van der Waals surface area contributed by atoms with Gasteiger partial charge in [-0.25, -0.2) is 4.79 Å². The number of carbonyl (C=O) groups excluding carboxylic acids is 8. The van der Waals surface area contributed by atoms with Gasteiger partial charge in [-0.15, -0.1) is 0 Å². The normalized spacial score (nSPS) is 18.9. The quantitative estimate of drug-likeness (QED) is 0.0455. The Morgan fingerprint density at radius 3 is 1.86 bits per heavy atom. The van der Waals surface area contributed by atoms with Gasteiger partial charge in [-0.2, -0.15) is 0 Å². The van der Waals surface area contributed by atoms with E-state index >= 15 is 0 Å². The lowest BCUT2D eigenvalue weighted by Gasteiger charge is -2.32. The molecule has 10 N–H and O–H groups in total. The van der Waals surface area contributed by atoms with Gasteiger partial charge in [0.05, 0.1) is 31.2 Å². The smallest absolute Gasteiger partial charge is 0.329 e. The van der Waals surface area contributed by atoms with E-state index in [4.69, 9.17) is 4.74 Å². The number of amides is 7. The Kier molecular flexibility index (Phi) is 26.1. The predicted octanol–water partition coefficient (Wildman–Crippen LogP) is 2.58. The first-order valence-electron chi connectivity index (χ1n) is 25.8. The first-order valence-corrected chi connectivity index (χ1v) is 25.8. The zero-order chi connectivity index (χ0) is 55.1. The van der Waals surface area contributed by atoms with E-state index in [1.807, 2.05) is 0 Å². The summed E-state index contributed by atoms with van der Waals surface area (Å²) < 4.78 is 5.66. The molecule has 0 radical (unpaired) electrons. The highest BCUT2D eigenvalue weighted by atomic mass is 16.5. The Hall–Kier alpha value is -6.54. The van der Waals surface area contributed by atoms with E-state index in [0.29, 0.717) is 17.5 Å². The molecule has 410 valence electrons. The molecule has 8 atom stereocenters. The van der Waals surface area contributed by atoms with Gasteiger partial charge >= 0.3 is 5.97 Å². The van der Waals surface area contributed by atoms with Crippen LogP contribution in [0.1, 0.15) is 117 Å². The molecule has 0 saturated heterocycles. The van der Waals surface area contributed by atoms with Crippen LogP contribution in [0, 0.1) is 17.8 Å². The fourth-order valence-corrected chi connectivity index (χ4v) is 8.22. The summed E-state index contributed by atoms with van der Waals surface area (Å²) in [6.07, 6.45) is 7.30. The van der Waals surface area contributed by atoms with Crippen LogP contribution in [0.15, 0.2) is 60.7 Å². The zero-order valence-electron chi connectivity index (χ0n) is 44.2. The Balaban J connectivity index is 1.71. The fraction of sp³-hybridized carbons (Fsp3) is 0.593. The molecule has 0 spiro atoms. The van der Waals surface area contributed by atoms with E-state index in [1.165, 1.54) is 42.3 Å². The first-order chi connectivity index (χ1) is 35.0. The topological polar surface area (TPSA) is 302 Å². The van der Waals surface area contributed by atoms with Crippen LogP contribution in [-0.4, -0.2) is 141 Å². The largest absolute Gasteiger partial charge is 0.508 e. The summed E-state index contributed by atoms with van der Waals surface area (Å²) >= 11 is 0. The van der Waals surface area contributed by atoms with Crippen molar-refractivity contribution in [2.45, 2.75) is 167 Å². The molecule has 1 heterocycles. The van der Waals surface area contributed by atoms with Gasteiger partial charge in [0.2, 0.25) is 41.4 Å². The highest BCUT2D eigenvalue weighted by Crippen LogP contribution is 2.19. The van der Waals surface area contributed by atoms with Gasteiger partial charge in [0.1, 0.15) is 48.3 Å². The number of carbonyl (C=O) groups is 8. The number of aliphatic hydroxyl groups is 2. The molecule has 0 aliphatic carbocycles. The number of likely N-dealkylation sites (N-methyl/N-ethyl adjacent to an activating group) is 1. The predicted molar refractivity (Wildman–Crippen MR) is 277 cm³/mol. The number of nitrogens with zero attached hydrogens (tertiary/aromatic N) is 1. The van der Waals surface area contributed by atoms with E-state index in [2.05, 4.69) is 38.8 Å². The standard InChI is InChI=1S/C54H81N7O13/c1-9-10-11-12-13-14-15-16-44(66)56-40(27-35-17-22-38(63)23-18-35)50(69)60-48(33(4)5)52(71)57-41(30-62)43(65)29-46(68)59-47(32(2)3)51(70)55-37-21-26-45(67)58-49(34(6)7)53(72)61(8)42(54(73)74-31-37)28-36-19-24-39(64)25-20-36/h17-26,32-34,37,40-43,47-49,62-65H,9-16,27-31H2,1-8H3,(H,55,70)(H,56,66)(H,57,71)(H,58,67)(H,59,68)(H,60,69)/b26-21-/t37-,40+,41+,42+,43+,47+,48+,49+/m1/s1. The molecule has 0 unspecified atom stereocenters. The molecule has 1 aliphatic rings. The van der Waals surface area contributed by atoms with Crippen molar-refractivity contribution < 1.29 is 63.5 Å². The number of benzene rings is 2. The Morgan fingerprint density at radius 2 is 1.30 bits per heavy atom. The first kappa shape index (κ1) is 61.8. The molecule has 1 aliphatic heterocycles. The van der Waals surface area contributed by atoms with Gasteiger partial charge in [-0.05, 0) is 59.6 Å². The minimum atomic E-state index is -1.68. The molecule has 20 nitrogen and oxygen atoms in total. The van der Waals surface area contributed by atoms with E-state index in [9.17, 15) is 58.8 Å². The molecule has 0 aromatic heterocycles. The van der Waals surface area contributed by atoms with E-state index < -0.39 is 121 Å². The van der Waals surface area contributed by atoms with Gasteiger partial charge in [0, 0.05) is 32.4 Å². The lowest BCUT2D eigenvalue weighted by molar-refractivity contribution is -0.156. The number of phenols is 2. The van der Waals surface area contributed by atoms with Gasteiger partial charge < -0.3 is 62.0 Å². The lowest BCUT2D eigenvalue weighted by Crippen LogP contribution is -2.59. The monoisotopic (exact) mass is 1040 g/mol. The highest BCUT2D eigenvalue weighted by Gasteiger charge is 2.37. The Bertz CT molecular complexity index is 2180. The molecular weight excluding hydrogens is 955 g/mol. The molecule has 74 heavy (non-hydrogen) atoms. The zero-order valence-corrected chi connectivity index (χ0v) is 44.2. The van der Waals surface area contributed by atoms with Crippen LogP contribution < -0.4 is 31.9 Å². The molecule has 20 heteroatoms. The maximum Gasteiger partial charge on any atom is 0.329 e. The average Bonchev–Trinajstić information content (AvgIpc) is 3.35. The fourth-order valence-electron chi connectivity index (χ4n) is 8.22. The summed E-state index contributed by atoms with van der Waals surface area (Å²) in [4.78, 5) is 110. The Labute approximate surface area is 435 Å². The molecule has 3 rings (SSSR count). The van der Waals surface area contributed by atoms with Gasteiger partial charge in [0.25, 0.3) is 0 Å². The third-order valence-corrected chi connectivity index (χ3v) is 12.8. The number of aliphatic hydroxyl groups excluding tert-OH is 2. The third kappa shape index (κ3) is 20.8. The number of ether oxygens (including phenoxy) is 1. The van der Waals surface area contributed by atoms with Gasteiger partial charge in [0.15, 0.2) is 0 Å². The number of esters is 1. The molecule has 0 bridgehead atoms. The van der Waals surface area contributed by atoms with Crippen molar-refractivity contribution in [2.75, 3.05) is 20.3 Å². The van der Waals surface area contributed by atoms with Crippen molar-refractivity contribution in [1.29, 1.82) is 0 Å². The van der Waals surface area contributed by atoms with Gasteiger partial charge in [-0.1, -0.05) is 117 Å². The second-order valence-corrected chi connectivity index (χ2v) is 20.1. The number of aromatic hydroxyl groups is 2. The number of unbranched alkanes of at least 4 members (excludes halogenated alkanes) is 6. The van der Waals surface area contributed by atoms with Crippen molar-refractivity contribution in [2.24, 2.45) is 17.8 Å². The second-order valence-electron chi connectivity index (χ2n) is 20.1. The highest BCUT2D eigenvalue weighted by molar-refractivity contribution is 5.95. The molecule has 0 saturated carbocycles. The van der Waals surface area contributed by atoms with Crippen molar-refractivity contribution in [3.63, 3.8) is 0 Å². The van der Waals surface area contributed by atoms with E-state index in [-0.39, 0.29) is 42.6 Å². The van der Waals surface area contributed by atoms with Crippen LogP contribution in [-0.2, 0) is 55.9 Å². The number of phenolic OH excluding ortho intramolecular Hbond substituents is 2. The van der Waals surface area contributed by atoms with Crippen LogP contribution in [0.25, 0.3) is 0 Å². The maximum absolute atomic E-state index is 13.9. The summed E-state index contributed by atoms with van der Waals surface area (Å²) in [5, 5.41) is 57.1. The minimum absolute atomic E-state index is 0.000221. The molecule has 0 fully saturated rings. The maximum atomic E-state index is 13.9. The van der Waals surface area contributed by atoms with Crippen LogP contribution in [0.3, 0.4) is 0 Å². The van der Waals surface area contributed by atoms with Crippen molar-refractivity contribution in [3.05, 3.63) is 71.8 Å². The summed E-state index contributed by atoms with van der Waals surface area (Å²) in [5.41, 5.74) is 1.24. The van der Waals surface area contributed by atoms with Crippen LogP contribution in [0.4, 0.5) is 0 Å². The van der Waals surface area contributed by atoms with Crippen LogP contribution in [0.2, 0.25) is 0 Å². The summed E-state index contributed by atoms with van der Waals surface area (Å²) in [5.74, 6) is -6.79. The molecule has 2 aromatic carbocycles. The number of hydrogen-bond donors (Lipinski definition) is 10. The molecular formula is C54H81N7O13. The minimum Gasteiger partial charge on any atom is -0.508 e. The number of nitrogens with one attached hydrogen (secondary N) is 6. The molecule has 7 amide bonds. The average molecular weight is 1040 g/mol. The van der Waals surface area contributed by atoms with Gasteiger partial charge in [-0.3, -0.25) is 33.6 Å². The Morgan fingerprint density at radius 1 is 0.730 bits per heavy atom. The van der Waals surface area contributed by atoms with Crippen molar-refractivity contribution in [1.82, 2.24) is 36.8 Å². The summed E-state index contributed by atoms with van der Waals surface area (Å²) in [6, 6.07) is 3.96. The second kappa shape index (κ2) is 31.3. The number of rotatable bonds is 27. The van der Waals surface area contributed by atoms with Crippen molar-refractivity contribution >= 4 is 47.3 Å². The SMILES string of the molecule is CCCCCCCCCC(=O)N[C@@H](Cc1ccc(O)cc1)C(=O)N[C@H](C(=O)N[C@@H](CO)[C@@H](O)CC(=O)N[C@H](C(=O)N[C@@H]1/C=C\C(=O)N[C@@H](C(C)C)C(=O)N(C)[C@@H](Cc2ccc(O)cc2)C(=O)OC1)C(C)C)C(C)C. The van der Waals surface area contributed by atoms with Crippen molar-refractivity contribution in [3.8, 4) is 11.5 Å². The molecule has 2 aromatic rings. The number of hydrogen-bond acceptors (Lipinski definition) is 13. The lowest BCUT2D eigenvalue weighted by atomic mass is 9.99. The third-order valence-electron chi connectivity index (χ3n) is 12.8. The summed E-state index contributed by atoms with van der Waals surface area (Å²) in [7, 11) is 1.42. The van der Waals surface area contributed by atoms with E-state index in [1.54, 1.807) is 65.8 Å². The van der Waals surface area contributed by atoms with Crippen LogP contribution in [0.5, 0.6) is 11.5 Å². The van der Waals surface area contributed by atoms with Crippen LogP contribution >= 0.6 is 0 Å².